The van der Waals surface area contributed by atoms with E-state index in [0.717, 1.165) is 0 Å². The molecule has 0 aliphatic rings. The van der Waals surface area contributed by atoms with Crippen LogP contribution in [-0.4, -0.2) is 40.6 Å². The second-order valence-electron chi connectivity index (χ2n) is 3.94. The SMILES string of the molecule is Cc1noc(CNCC(=O)N(C)C(C)C)n1. The highest BCUT2D eigenvalue weighted by Gasteiger charge is 2.11. The highest BCUT2D eigenvalue weighted by molar-refractivity contribution is 5.78. The molecule has 6 nitrogen and oxygen atoms in total. The van der Waals surface area contributed by atoms with E-state index in [0.29, 0.717) is 18.3 Å². The van der Waals surface area contributed by atoms with Gasteiger partial charge in [-0.25, -0.2) is 0 Å². The maximum absolute atomic E-state index is 11.6. The van der Waals surface area contributed by atoms with Gasteiger partial charge in [0.05, 0.1) is 13.1 Å². The summed E-state index contributed by atoms with van der Waals surface area (Å²) in [5.41, 5.74) is 0. The first-order chi connectivity index (χ1) is 7.50. The fraction of sp³-hybridized carbons (Fsp3) is 0.700. The van der Waals surface area contributed by atoms with E-state index in [9.17, 15) is 4.79 Å². The van der Waals surface area contributed by atoms with Crippen LogP contribution < -0.4 is 5.32 Å². The fourth-order valence-electron chi connectivity index (χ4n) is 1.10. The molecule has 0 radical (unpaired) electrons. The Labute approximate surface area is 95.0 Å². The lowest BCUT2D eigenvalue weighted by Crippen LogP contribution is -2.39. The summed E-state index contributed by atoms with van der Waals surface area (Å²) in [6.45, 7) is 6.39. The molecule has 90 valence electrons. The zero-order valence-electron chi connectivity index (χ0n) is 10.1. The maximum Gasteiger partial charge on any atom is 0.240 e. The standard InChI is InChI=1S/C10H18N4O2/c1-7(2)14(4)10(15)6-11-5-9-12-8(3)13-16-9/h7,11H,5-6H2,1-4H3. The van der Waals surface area contributed by atoms with E-state index in [1.807, 2.05) is 13.8 Å². The van der Waals surface area contributed by atoms with Gasteiger partial charge in [0.15, 0.2) is 5.82 Å². The van der Waals surface area contributed by atoms with Crippen molar-refractivity contribution >= 4 is 5.91 Å². The minimum atomic E-state index is 0.0474. The number of amides is 1. The summed E-state index contributed by atoms with van der Waals surface area (Å²) in [6.07, 6.45) is 0. The molecule has 16 heavy (non-hydrogen) atoms. The third kappa shape index (κ3) is 3.62. The number of carbonyl (C=O) groups is 1. The molecule has 0 bridgehead atoms. The first kappa shape index (κ1) is 12.6. The monoisotopic (exact) mass is 226 g/mol. The van der Waals surface area contributed by atoms with Gasteiger partial charge >= 0.3 is 0 Å². The van der Waals surface area contributed by atoms with Gasteiger partial charge in [-0.1, -0.05) is 5.16 Å². The number of nitrogens with one attached hydrogen (secondary N) is 1. The number of likely N-dealkylation sites (N-methyl/N-ethyl adjacent to an activating group) is 1. The van der Waals surface area contributed by atoms with Crippen molar-refractivity contribution in [3.8, 4) is 0 Å². The number of hydrogen-bond donors (Lipinski definition) is 1. The Bertz CT molecular complexity index is 348. The van der Waals surface area contributed by atoms with Gasteiger partial charge in [-0.2, -0.15) is 4.98 Å². The summed E-state index contributed by atoms with van der Waals surface area (Å²) in [4.78, 5) is 17.3. The van der Waals surface area contributed by atoms with Crippen LogP contribution in [0.5, 0.6) is 0 Å². The molecule has 0 atom stereocenters. The van der Waals surface area contributed by atoms with Gasteiger partial charge < -0.3 is 9.42 Å². The van der Waals surface area contributed by atoms with Crippen molar-refractivity contribution in [3.05, 3.63) is 11.7 Å². The quantitative estimate of drug-likeness (QED) is 0.783. The summed E-state index contributed by atoms with van der Waals surface area (Å²) in [7, 11) is 1.78. The molecule has 1 rings (SSSR count). The molecule has 0 saturated heterocycles. The van der Waals surface area contributed by atoms with Crippen LogP contribution in [0.25, 0.3) is 0 Å². The van der Waals surface area contributed by atoms with Gasteiger partial charge in [-0.3, -0.25) is 10.1 Å². The number of nitrogens with zero attached hydrogens (tertiary/aromatic N) is 3. The zero-order valence-corrected chi connectivity index (χ0v) is 10.1. The van der Waals surface area contributed by atoms with Crippen molar-refractivity contribution in [2.24, 2.45) is 0 Å². The van der Waals surface area contributed by atoms with Gasteiger partial charge in [0, 0.05) is 13.1 Å². The van der Waals surface area contributed by atoms with Crippen molar-refractivity contribution in [2.45, 2.75) is 33.4 Å². The molecule has 0 spiro atoms. The van der Waals surface area contributed by atoms with E-state index in [4.69, 9.17) is 4.52 Å². The van der Waals surface area contributed by atoms with E-state index >= 15 is 0 Å². The largest absolute Gasteiger partial charge is 0.342 e. The number of rotatable bonds is 5. The second-order valence-corrected chi connectivity index (χ2v) is 3.94. The topological polar surface area (TPSA) is 71.3 Å². The van der Waals surface area contributed by atoms with Crippen LogP contribution in [0.15, 0.2) is 4.52 Å². The molecule has 1 aromatic rings. The third-order valence-electron chi connectivity index (χ3n) is 2.29. The first-order valence-electron chi connectivity index (χ1n) is 5.26. The van der Waals surface area contributed by atoms with E-state index in [1.165, 1.54) is 0 Å². The van der Waals surface area contributed by atoms with Crippen LogP contribution >= 0.6 is 0 Å². The van der Waals surface area contributed by atoms with Crippen molar-refractivity contribution in [2.75, 3.05) is 13.6 Å². The van der Waals surface area contributed by atoms with Gasteiger partial charge in [0.25, 0.3) is 0 Å². The Morgan fingerprint density at radius 1 is 1.56 bits per heavy atom. The smallest absolute Gasteiger partial charge is 0.240 e. The Hall–Kier alpha value is -1.43. The van der Waals surface area contributed by atoms with Crippen LogP contribution in [0.3, 0.4) is 0 Å². The van der Waals surface area contributed by atoms with Crippen LogP contribution in [-0.2, 0) is 11.3 Å². The molecule has 0 fully saturated rings. The molecule has 0 aliphatic carbocycles. The lowest BCUT2D eigenvalue weighted by molar-refractivity contribution is -0.130. The summed E-state index contributed by atoms with van der Waals surface area (Å²) >= 11 is 0. The fourth-order valence-corrected chi connectivity index (χ4v) is 1.10. The second kappa shape index (κ2) is 5.60. The van der Waals surface area contributed by atoms with Crippen molar-refractivity contribution in [3.63, 3.8) is 0 Å². The van der Waals surface area contributed by atoms with E-state index in [1.54, 1.807) is 18.9 Å². The lowest BCUT2D eigenvalue weighted by Gasteiger charge is -2.21. The van der Waals surface area contributed by atoms with E-state index in [2.05, 4.69) is 15.5 Å². The molecular weight excluding hydrogens is 208 g/mol. The Morgan fingerprint density at radius 3 is 2.75 bits per heavy atom. The van der Waals surface area contributed by atoms with Crippen molar-refractivity contribution < 1.29 is 9.32 Å². The molecule has 0 saturated carbocycles. The summed E-state index contributed by atoms with van der Waals surface area (Å²) < 4.78 is 4.91. The molecule has 0 unspecified atom stereocenters. The summed E-state index contributed by atoms with van der Waals surface area (Å²) in [5.74, 6) is 1.14. The average Bonchev–Trinajstić information content (AvgIpc) is 2.62. The Morgan fingerprint density at radius 2 is 2.25 bits per heavy atom. The highest BCUT2D eigenvalue weighted by atomic mass is 16.5. The molecule has 0 aliphatic heterocycles. The minimum Gasteiger partial charge on any atom is -0.342 e. The van der Waals surface area contributed by atoms with Gasteiger partial charge in [0.2, 0.25) is 11.8 Å². The minimum absolute atomic E-state index is 0.0474. The predicted molar refractivity (Wildman–Crippen MR) is 58.6 cm³/mol. The molecule has 0 aromatic carbocycles. The van der Waals surface area contributed by atoms with Crippen molar-refractivity contribution in [1.82, 2.24) is 20.4 Å². The molecular formula is C10H18N4O2. The number of carbonyl (C=O) groups excluding carboxylic acids is 1. The van der Waals surface area contributed by atoms with Gasteiger partial charge in [0.1, 0.15) is 0 Å². The molecule has 1 amide bonds. The summed E-state index contributed by atoms with van der Waals surface area (Å²) in [6, 6.07) is 0.208. The van der Waals surface area contributed by atoms with Crippen LogP contribution in [0, 0.1) is 6.92 Å². The molecule has 6 heteroatoms. The molecule has 1 N–H and O–H groups in total. The predicted octanol–water partition coefficient (Wildman–Crippen LogP) is 0.334. The normalized spacial score (nSPS) is 10.8. The third-order valence-corrected chi connectivity index (χ3v) is 2.29. The lowest BCUT2D eigenvalue weighted by atomic mass is 10.3. The van der Waals surface area contributed by atoms with E-state index in [-0.39, 0.29) is 18.5 Å². The maximum atomic E-state index is 11.6. The molecule has 1 heterocycles. The van der Waals surface area contributed by atoms with Gasteiger partial charge in [-0.15, -0.1) is 0 Å². The first-order valence-corrected chi connectivity index (χ1v) is 5.26. The Balaban J connectivity index is 2.28. The van der Waals surface area contributed by atoms with Crippen LogP contribution in [0.2, 0.25) is 0 Å². The number of hydrogen-bond acceptors (Lipinski definition) is 5. The number of aryl methyl sites for hydroxylation is 1. The van der Waals surface area contributed by atoms with E-state index < -0.39 is 0 Å². The Kier molecular flexibility index (Phi) is 4.42. The van der Waals surface area contributed by atoms with Crippen molar-refractivity contribution in [1.29, 1.82) is 0 Å². The van der Waals surface area contributed by atoms with Crippen LogP contribution in [0.4, 0.5) is 0 Å². The number of aromatic nitrogens is 2. The average molecular weight is 226 g/mol. The highest BCUT2D eigenvalue weighted by Crippen LogP contribution is 1.96. The molecule has 1 aromatic heterocycles. The summed E-state index contributed by atoms with van der Waals surface area (Å²) in [5, 5.41) is 6.62. The zero-order chi connectivity index (χ0) is 12.1. The van der Waals surface area contributed by atoms with Gasteiger partial charge in [-0.05, 0) is 20.8 Å². The van der Waals surface area contributed by atoms with Crippen LogP contribution in [0.1, 0.15) is 25.6 Å².